The van der Waals surface area contributed by atoms with Gasteiger partial charge in [0.2, 0.25) is 0 Å². The quantitative estimate of drug-likeness (QED) is 0.804. The van der Waals surface area contributed by atoms with Gasteiger partial charge in [-0.15, -0.1) is 0 Å². The number of aromatic amines is 1. The van der Waals surface area contributed by atoms with E-state index in [2.05, 4.69) is 16.5 Å². The first-order chi connectivity index (χ1) is 7.24. The van der Waals surface area contributed by atoms with Crippen LogP contribution in [0.1, 0.15) is 5.69 Å². The Labute approximate surface area is 86.2 Å². The first-order valence-corrected chi connectivity index (χ1v) is 4.45. The summed E-state index contributed by atoms with van der Waals surface area (Å²) in [6.07, 6.45) is 1.43. The second-order valence-corrected chi connectivity index (χ2v) is 3.04. The van der Waals surface area contributed by atoms with Gasteiger partial charge in [-0.3, -0.25) is 4.79 Å². The lowest BCUT2D eigenvalue weighted by Gasteiger charge is -2.02. The van der Waals surface area contributed by atoms with Crippen molar-refractivity contribution in [2.45, 2.75) is 0 Å². The molecule has 0 amide bonds. The molecule has 4 nitrogen and oxygen atoms in total. The van der Waals surface area contributed by atoms with E-state index >= 15 is 0 Å². The fourth-order valence-electron chi connectivity index (χ4n) is 1.34. The van der Waals surface area contributed by atoms with Gasteiger partial charge in [-0.1, -0.05) is 6.58 Å². The van der Waals surface area contributed by atoms with E-state index in [0.717, 1.165) is 0 Å². The van der Waals surface area contributed by atoms with E-state index in [1.54, 1.807) is 25.3 Å². The van der Waals surface area contributed by atoms with Crippen molar-refractivity contribution in [1.82, 2.24) is 9.97 Å². The fraction of sp³-hybridized carbons (Fsp3) is 0.0909. The zero-order valence-corrected chi connectivity index (χ0v) is 8.28. The molecule has 0 atom stereocenters. The van der Waals surface area contributed by atoms with Crippen molar-refractivity contribution in [3.05, 3.63) is 40.8 Å². The van der Waals surface area contributed by atoms with Crippen molar-refractivity contribution in [2.75, 3.05) is 7.11 Å². The molecule has 2 aromatic rings. The summed E-state index contributed by atoms with van der Waals surface area (Å²) in [7, 11) is 1.57. The predicted octanol–water partition coefficient (Wildman–Crippen LogP) is 1.57. The van der Waals surface area contributed by atoms with Crippen molar-refractivity contribution in [3.63, 3.8) is 0 Å². The summed E-state index contributed by atoms with van der Waals surface area (Å²) in [6, 6.07) is 5.31. The zero-order valence-electron chi connectivity index (χ0n) is 8.28. The number of ether oxygens (including phenoxy) is 1. The van der Waals surface area contributed by atoms with Crippen LogP contribution >= 0.6 is 0 Å². The van der Waals surface area contributed by atoms with Gasteiger partial charge >= 0.3 is 0 Å². The number of methoxy groups -OCH3 is 1. The van der Waals surface area contributed by atoms with Gasteiger partial charge in [0, 0.05) is 6.07 Å². The van der Waals surface area contributed by atoms with Crippen molar-refractivity contribution >= 4 is 17.1 Å². The molecule has 1 N–H and O–H groups in total. The van der Waals surface area contributed by atoms with Gasteiger partial charge in [-0.05, 0) is 18.2 Å². The highest BCUT2D eigenvalue weighted by molar-refractivity contribution is 5.76. The molecule has 1 aromatic carbocycles. The van der Waals surface area contributed by atoms with Crippen LogP contribution in [0.15, 0.2) is 29.6 Å². The fourth-order valence-corrected chi connectivity index (χ4v) is 1.34. The number of fused-ring (bicyclic) bond motifs is 1. The molecule has 0 spiro atoms. The summed E-state index contributed by atoms with van der Waals surface area (Å²) in [5.41, 5.74) is 1.45. The summed E-state index contributed by atoms with van der Waals surface area (Å²) in [4.78, 5) is 18.3. The molecule has 76 valence electrons. The van der Waals surface area contributed by atoms with Crippen molar-refractivity contribution in [3.8, 4) is 5.75 Å². The largest absolute Gasteiger partial charge is 0.497 e. The van der Waals surface area contributed by atoms with Crippen LogP contribution in [0.25, 0.3) is 17.1 Å². The average molecular weight is 202 g/mol. The number of aromatic nitrogens is 2. The van der Waals surface area contributed by atoms with Gasteiger partial charge < -0.3 is 9.72 Å². The van der Waals surface area contributed by atoms with Crippen LogP contribution in [-0.2, 0) is 0 Å². The molecule has 0 fully saturated rings. The van der Waals surface area contributed by atoms with E-state index in [4.69, 9.17) is 4.74 Å². The average Bonchev–Trinajstić information content (AvgIpc) is 2.27. The van der Waals surface area contributed by atoms with Gasteiger partial charge in [-0.2, -0.15) is 0 Å². The predicted molar refractivity (Wildman–Crippen MR) is 59.0 cm³/mol. The van der Waals surface area contributed by atoms with Crippen LogP contribution in [0.5, 0.6) is 5.75 Å². The Morgan fingerprint density at radius 2 is 2.33 bits per heavy atom. The molecule has 1 heterocycles. The Hall–Kier alpha value is -2.10. The molecule has 15 heavy (non-hydrogen) atoms. The van der Waals surface area contributed by atoms with E-state index in [0.29, 0.717) is 22.5 Å². The Bertz CT molecular complexity index is 572. The highest BCUT2D eigenvalue weighted by atomic mass is 16.5. The molecule has 0 unspecified atom stereocenters. The highest BCUT2D eigenvalue weighted by Gasteiger charge is 2.02. The maximum absolute atomic E-state index is 11.4. The SMILES string of the molecule is C=Cc1nc2ccc(OC)cc2[nH]c1=O. The van der Waals surface area contributed by atoms with Crippen LogP contribution in [0, 0.1) is 0 Å². The van der Waals surface area contributed by atoms with E-state index < -0.39 is 0 Å². The maximum Gasteiger partial charge on any atom is 0.274 e. The Balaban J connectivity index is 2.75. The summed E-state index contributed by atoms with van der Waals surface area (Å²) < 4.78 is 5.05. The van der Waals surface area contributed by atoms with E-state index in [9.17, 15) is 4.79 Å². The summed E-state index contributed by atoms with van der Waals surface area (Å²) in [5.74, 6) is 0.686. The minimum Gasteiger partial charge on any atom is -0.497 e. The lowest BCUT2D eigenvalue weighted by atomic mass is 10.2. The molecular formula is C11H10N2O2. The van der Waals surface area contributed by atoms with Gasteiger partial charge in [-0.25, -0.2) is 4.98 Å². The van der Waals surface area contributed by atoms with E-state index in [1.165, 1.54) is 6.08 Å². The third kappa shape index (κ3) is 1.61. The van der Waals surface area contributed by atoms with Crippen molar-refractivity contribution in [2.24, 2.45) is 0 Å². The molecule has 4 heteroatoms. The Morgan fingerprint density at radius 1 is 1.53 bits per heavy atom. The summed E-state index contributed by atoms with van der Waals surface area (Å²) in [6.45, 7) is 3.53. The van der Waals surface area contributed by atoms with Gasteiger partial charge in [0.25, 0.3) is 5.56 Å². The minimum atomic E-state index is -0.245. The standard InChI is InChI=1S/C11H10N2O2/c1-3-8-11(14)13-10-6-7(15-2)4-5-9(10)12-8/h3-6H,1H2,2H3,(H,13,14). The second-order valence-electron chi connectivity index (χ2n) is 3.04. The molecule has 1 aromatic heterocycles. The number of nitrogens with zero attached hydrogens (tertiary/aromatic N) is 1. The highest BCUT2D eigenvalue weighted by Crippen LogP contribution is 2.16. The summed E-state index contributed by atoms with van der Waals surface area (Å²) >= 11 is 0. The Kier molecular flexibility index (Phi) is 2.25. The number of benzene rings is 1. The molecule has 2 rings (SSSR count). The van der Waals surface area contributed by atoms with Crippen LogP contribution < -0.4 is 10.3 Å². The normalized spacial score (nSPS) is 10.2. The van der Waals surface area contributed by atoms with E-state index in [1.807, 2.05) is 0 Å². The number of rotatable bonds is 2. The lowest BCUT2D eigenvalue weighted by Crippen LogP contribution is -2.11. The third-order valence-electron chi connectivity index (χ3n) is 2.12. The molecule has 0 saturated carbocycles. The molecule has 0 radical (unpaired) electrons. The second kappa shape index (κ2) is 3.57. The topological polar surface area (TPSA) is 55.0 Å². The monoisotopic (exact) mass is 202 g/mol. The maximum atomic E-state index is 11.4. The molecular weight excluding hydrogens is 192 g/mol. The number of hydrogen-bond donors (Lipinski definition) is 1. The lowest BCUT2D eigenvalue weighted by molar-refractivity contribution is 0.415. The summed E-state index contributed by atoms with van der Waals surface area (Å²) in [5, 5.41) is 0. The molecule has 0 saturated heterocycles. The first kappa shape index (κ1) is 9.45. The molecule has 0 bridgehead atoms. The third-order valence-corrected chi connectivity index (χ3v) is 2.12. The number of hydrogen-bond acceptors (Lipinski definition) is 3. The zero-order chi connectivity index (χ0) is 10.8. The van der Waals surface area contributed by atoms with Crippen LogP contribution in [0.2, 0.25) is 0 Å². The van der Waals surface area contributed by atoms with Gasteiger partial charge in [0.15, 0.2) is 0 Å². The van der Waals surface area contributed by atoms with Crippen molar-refractivity contribution < 1.29 is 4.74 Å². The van der Waals surface area contributed by atoms with Gasteiger partial charge in [0.05, 0.1) is 18.1 Å². The number of nitrogens with one attached hydrogen (secondary N) is 1. The van der Waals surface area contributed by atoms with Gasteiger partial charge in [0.1, 0.15) is 11.4 Å². The molecule has 0 aliphatic rings. The number of H-pyrrole nitrogens is 1. The minimum absolute atomic E-state index is 0.245. The molecule has 0 aliphatic heterocycles. The molecule has 0 aliphatic carbocycles. The van der Waals surface area contributed by atoms with Crippen molar-refractivity contribution in [1.29, 1.82) is 0 Å². The Morgan fingerprint density at radius 3 is 3.00 bits per heavy atom. The first-order valence-electron chi connectivity index (χ1n) is 4.45. The smallest absolute Gasteiger partial charge is 0.274 e. The van der Waals surface area contributed by atoms with Crippen LogP contribution in [0.3, 0.4) is 0 Å². The van der Waals surface area contributed by atoms with Crippen LogP contribution in [0.4, 0.5) is 0 Å². The van der Waals surface area contributed by atoms with Crippen LogP contribution in [-0.4, -0.2) is 17.1 Å². The van der Waals surface area contributed by atoms with E-state index in [-0.39, 0.29) is 5.56 Å².